The van der Waals surface area contributed by atoms with E-state index in [1.54, 1.807) is 0 Å². The number of guanidine groups is 2. The van der Waals surface area contributed by atoms with Crippen molar-refractivity contribution >= 4 is 47.5 Å². The first-order valence-corrected chi connectivity index (χ1v) is 18.8. The maximum absolute atomic E-state index is 12.1. The normalized spacial score (nSPS) is 11.6. The van der Waals surface area contributed by atoms with Crippen molar-refractivity contribution in [2.75, 3.05) is 65.8 Å². The Morgan fingerprint density at radius 3 is 1.26 bits per heavy atom. The molecule has 0 fully saturated rings. The summed E-state index contributed by atoms with van der Waals surface area (Å²) in [6.45, 7) is 4.47. The quantitative estimate of drug-likeness (QED) is 0.0296. The smallest absolute Gasteiger partial charge is 0.352 e. The molecular weight excluding hydrogens is 748 g/mol. The fraction of sp³-hybridized carbons (Fsp3) is 0.556. The summed E-state index contributed by atoms with van der Waals surface area (Å²) in [5.41, 5.74) is 11.3. The molecule has 4 amide bonds. The molecule has 2 rings (SSSR count). The van der Waals surface area contributed by atoms with Crippen LogP contribution in [0.25, 0.3) is 0 Å². The van der Waals surface area contributed by atoms with Crippen molar-refractivity contribution in [2.45, 2.75) is 64.2 Å². The second kappa shape index (κ2) is 28.6. The van der Waals surface area contributed by atoms with E-state index in [1.165, 1.54) is 24.3 Å². The number of ether oxygens (including phenoxy) is 3. The molecule has 21 heteroatoms. The van der Waals surface area contributed by atoms with E-state index in [0.29, 0.717) is 117 Å². The number of aromatic carboxylic acids is 2. The molecule has 0 aliphatic heterocycles. The summed E-state index contributed by atoms with van der Waals surface area (Å²) in [6.07, 6.45) is 6.38. The van der Waals surface area contributed by atoms with Crippen LogP contribution in [-0.2, 0) is 23.8 Å². The lowest BCUT2D eigenvalue weighted by Crippen LogP contribution is -2.37. The van der Waals surface area contributed by atoms with E-state index >= 15 is 0 Å². The zero-order valence-electron chi connectivity index (χ0n) is 32.1. The Morgan fingerprint density at radius 1 is 0.526 bits per heavy atom. The van der Waals surface area contributed by atoms with E-state index in [1.807, 2.05) is 0 Å². The number of carboxylic acids is 2. The molecule has 57 heavy (non-hydrogen) atoms. The highest BCUT2D eigenvalue weighted by atomic mass is 16.5. The zero-order chi connectivity index (χ0) is 41.7. The monoisotopic (exact) mass is 804 g/mol. The molecule has 2 aromatic rings. The molecule has 0 spiro atoms. The van der Waals surface area contributed by atoms with E-state index in [9.17, 15) is 28.8 Å². The molecule has 0 saturated carbocycles. The van der Waals surface area contributed by atoms with Gasteiger partial charge in [-0.15, -0.1) is 0 Å². The van der Waals surface area contributed by atoms with Gasteiger partial charge in [-0.3, -0.25) is 39.8 Å². The van der Waals surface area contributed by atoms with Gasteiger partial charge in [-0.25, -0.2) is 9.59 Å². The number of nitrogens with two attached hydrogens (primary N) is 2. The molecule has 0 aliphatic carbocycles. The Balaban J connectivity index is 1.29. The average molecular weight is 805 g/mol. The lowest BCUT2D eigenvalue weighted by atomic mass is 10.2. The van der Waals surface area contributed by atoms with Crippen LogP contribution in [0, 0.1) is 0 Å². The molecule has 2 aromatic heterocycles. The highest BCUT2D eigenvalue weighted by Crippen LogP contribution is 2.04. The summed E-state index contributed by atoms with van der Waals surface area (Å²) in [5, 5.41) is 28.3. The van der Waals surface area contributed by atoms with Crippen molar-refractivity contribution in [1.82, 2.24) is 31.2 Å². The predicted molar refractivity (Wildman–Crippen MR) is 208 cm³/mol. The average Bonchev–Trinajstić information content (AvgIpc) is 3.88. The number of aromatic nitrogens is 2. The molecule has 0 aliphatic rings. The SMILES string of the molecule is NC(=NCCCCCC(=O)NCCCOCCOCCOCCCNC(=O)CCCCCN=C(N)NC(=O)c1ccc(C(=O)O)[nH]1)NC(=O)c1ccc(C(=O)O)[nH]1. The second-order valence-electron chi connectivity index (χ2n) is 12.5. The summed E-state index contributed by atoms with van der Waals surface area (Å²) in [6, 6.07) is 5.24. The third-order valence-electron chi connectivity index (χ3n) is 7.81. The number of aliphatic imine (C=N–C) groups is 2. The standard InChI is InChI=1S/C36H56N10O11/c37-35(45-31(49)25-11-13-27(43-25)33(51)52)41-15-5-1-3-9-29(47)39-17-7-19-55-21-23-57-24-22-56-20-8-18-40-30(48)10-4-2-6-16-42-36(38)46-32(50)26-12-14-28(44-26)34(53)54/h11-14,43-44H,1-10,15-24H2,(H,39,47)(H,40,48)(H,51,52)(H,53,54)(H3,37,41,45,49)(H3,38,42,46,50). The lowest BCUT2D eigenvalue weighted by molar-refractivity contribution is -0.122. The van der Waals surface area contributed by atoms with Gasteiger partial charge in [-0.05, 0) is 62.8 Å². The number of hydrogen-bond donors (Lipinski definition) is 10. The fourth-order valence-corrected chi connectivity index (χ4v) is 4.82. The number of carboxylic acid groups (broad SMARTS) is 2. The molecule has 0 unspecified atom stereocenters. The minimum absolute atomic E-state index is 0.0400. The number of nitrogens with one attached hydrogen (secondary N) is 6. The largest absolute Gasteiger partial charge is 0.477 e. The van der Waals surface area contributed by atoms with Crippen LogP contribution in [0.5, 0.6) is 0 Å². The molecule has 0 atom stereocenters. The molecule has 0 saturated heterocycles. The van der Waals surface area contributed by atoms with Gasteiger partial charge in [0.05, 0.1) is 26.4 Å². The van der Waals surface area contributed by atoms with Crippen molar-refractivity contribution in [2.24, 2.45) is 21.5 Å². The van der Waals surface area contributed by atoms with Gasteiger partial charge in [0, 0.05) is 52.2 Å². The Bertz CT molecular complexity index is 1510. The number of aromatic amines is 2. The van der Waals surface area contributed by atoms with E-state index in [2.05, 4.69) is 41.2 Å². The van der Waals surface area contributed by atoms with Crippen LogP contribution in [0.2, 0.25) is 0 Å². The number of unbranched alkanes of at least 4 members (excludes halogenated alkanes) is 4. The first kappa shape index (κ1) is 47.4. The lowest BCUT2D eigenvalue weighted by Gasteiger charge is -2.08. The van der Waals surface area contributed by atoms with Gasteiger partial charge >= 0.3 is 11.9 Å². The van der Waals surface area contributed by atoms with Crippen molar-refractivity contribution in [3.63, 3.8) is 0 Å². The van der Waals surface area contributed by atoms with Crippen LogP contribution in [-0.4, -0.2) is 133 Å². The van der Waals surface area contributed by atoms with Crippen LogP contribution in [0.4, 0.5) is 0 Å². The summed E-state index contributed by atoms with van der Waals surface area (Å²) in [7, 11) is 0. The summed E-state index contributed by atoms with van der Waals surface area (Å²) in [4.78, 5) is 83.0. The third-order valence-corrected chi connectivity index (χ3v) is 7.81. The molecule has 2 heterocycles. The van der Waals surface area contributed by atoms with Gasteiger partial charge in [0.2, 0.25) is 11.8 Å². The molecule has 21 nitrogen and oxygen atoms in total. The van der Waals surface area contributed by atoms with Crippen LogP contribution >= 0.6 is 0 Å². The molecule has 0 radical (unpaired) electrons. The number of amides is 4. The van der Waals surface area contributed by atoms with Gasteiger partial charge in [0.15, 0.2) is 11.9 Å². The minimum atomic E-state index is -1.18. The number of carbonyl (C=O) groups is 6. The van der Waals surface area contributed by atoms with Gasteiger partial charge < -0.3 is 56.5 Å². The first-order chi connectivity index (χ1) is 27.5. The highest BCUT2D eigenvalue weighted by molar-refractivity contribution is 6.05. The molecule has 316 valence electrons. The third kappa shape index (κ3) is 22.4. The van der Waals surface area contributed by atoms with Gasteiger partial charge in [0.1, 0.15) is 22.8 Å². The van der Waals surface area contributed by atoms with E-state index < -0.39 is 23.8 Å². The second-order valence-corrected chi connectivity index (χ2v) is 12.5. The van der Waals surface area contributed by atoms with E-state index in [4.69, 9.17) is 35.9 Å². The predicted octanol–water partition coefficient (Wildman–Crippen LogP) is 0.712. The van der Waals surface area contributed by atoms with Crippen molar-refractivity contribution in [3.05, 3.63) is 47.0 Å². The maximum atomic E-state index is 12.1. The van der Waals surface area contributed by atoms with E-state index in [-0.39, 0.29) is 46.5 Å². The van der Waals surface area contributed by atoms with Crippen LogP contribution in [0.15, 0.2) is 34.3 Å². The maximum Gasteiger partial charge on any atom is 0.352 e. The minimum Gasteiger partial charge on any atom is -0.477 e. The Kier molecular flexibility index (Phi) is 23.7. The summed E-state index contributed by atoms with van der Waals surface area (Å²) < 4.78 is 16.5. The first-order valence-electron chi connectivity index (χ1n) is 18.8. The number of rotatable bonds is 30. The zero-order valence-corrected chi connectivity index (χ0v) is 32.1. The van der Waals surface area contributed by atoms with Gasteiger partial charge in [0.25, 0.3) is 11.8 Å². The Labute approximate surface area is 330 Å². The summed E-state index contributed by atoms with van der Waals surface area (Å²) in [5.74, 6) is -3.75. The summed E-state index contributed by atoms with van der Waals surface area (Å²) >= 11 is 0. The van der Waals surface area contributed by atoms with Crippen molar-refractivity contribution in [3.8, 4) is 0 Å². The van der Waals surface area contributed by atoms with Crippen LogP contribution in [0.3, 0.4) is 0 Å². The Morgan fingerprint density at radius 2 is 0.895 bits per heavy atom. The van der Waals surface area contributed by atoms with Crippen LogP contribution < -0.4 is 32.7 Å². The number of carbonyl (C=O) groups excluding carboxylic acids is 4. The fourth-order valence-electron chi connectivity index (χ4n) is 4.82. The molecule has 0 bridgehead atoms. The van der Waals surface area contributed by atoms with Gasteiger partial charge in [-0.2, -0.15) is 0 Å². The number of H-pyrrole nitrogens is 2. The highest BCUT2D eigenvalue weighted by Gasteiger charge is 2.14. The van der Waals surface area contributed by atoms with Gasteiger partial charge in [-0.1, -0.05) is 12.8 Å². The Hall–Kier alpha value is -5.80. The molecule has 12 N–H and O–H groups in total. The number of nitrogens with zero attached hydrogens (tertiary/aromatic N) is 2. The molecular formula is C36H56N10O11. The molecule has 0 aromatic carbocycles. The topological polar surface area (TPSA) is 327 Å². The van der Waals surface area contributed by atoms with Crippen molar-refractivity contribution in [1.29, 1.82) is 0 Å². The van der Waals surface area contributed by atoms with E-state index in [0.717, 1.165) is 12.8 Å². The van der Waals surface area contributed by atoms with Crippen molar-refractivity contribution < 1.29 is 53.2 Å². The number of hydrogen-bond acceptors (Lipinski definition) is 11. The van der Waals surface area contributed by atoms with Crippen LogP contribution in [0.1, 0.15) is 106 Å².